The fourth-order valence-electron chi connectivity index (χ4n) is 4.65. The Morgan fingerprint density at radius 3 is 1.43 bits per heavy atom. The van der Waals surface area contributed by atoms with Crippen LogP contribution in [0.4, 0.5) is 4.79 Å². The van der Waals surface area contributed by atoms with E-state index < -0.39 is 67.2 Å². The first-order chi connectivity index (χ1) is 19.9. The second kappa shape index (κ2) is 16.5. The van der Waals surface area contributed by atoms with Gasteiger partial charge in [-0.05, 0) is 68.1 Å². The minimum Gasteiger partial charge on any atom is -0.504 e. The topological polar surface area (TPSA) is 193 Å². The molecule has 0 fully saturated rings. The lowest BCUT2D eigenvalue weighted by molar-refractivity contribution is 0.0826. The van der Waals surface area contributed by atoms with Crippen LogP contribution in [0, 0.1) is 0 Å². The minimum absolute atomic E-state index is 0.0210. The molecule has 2 rings (SSSR count). The van der Waals surface area contributed by atoms with E-state index in [-0.39, 0.29) is 24.6 Å². The van der Waals surface area contributed by atoms with E-state index >= 15 is 0 Å². The van der Waals surface area contributed by atoms with E-state index in [1.54, 1.807) is 0 Å². The number of benzene rings is 2. The Labute approximate surface area is 249 Å². The summed E-state index contributed by atoms with van der Waals surface area (Å²) < 4.78 is -2.34. The molecule has 0 saturated carbocycles. The van der Waals surface area contributed by atoms with Crippen molar-refractivity contribution in [1.29, 1.82) is 0 Å². The third-order valence-corrected chi connectivity index (χ3v) is 8.05. The Morgan fingerprint density at radius 1 is 0.643 bits per heavy atom. The molecule has 0 radical (unpaired) electrons. The van der Waals surface area contributed by atoms with Crippen LogP contribution in [-0.4, -0.2) is 57.4 Å². The van der Waals surface area contributed by atoms with Gasteiger partial charge < -0.3 is 35.7 Å². The van der Waals surface area contributed by atoms with Gasteiger partial charge in [0.1, 0.15) is 0 Å². The molecule has 0 spiro atoms. The second-order valence-corrected chi connectivity index (χ2v) is 11.5. The molecule has 0 heterocycles. The summed E-state index contributed by atoms with van der Waals surface area (Å²) in [7, 11) is 0. The number of hydrogen-bond donors (Lipinski definition) is 7. The van der Waals surface area contributed by atoms with Gasteiger partial charge in [0.15, 0.2) is 50.8 Å². The Hall–Kier alpha value is -3.86. The monoisotopic (exact) mass is 604 g/mol. The number of thioether (sulfide) groups is 1. The van der Waals surface area contributed by atoms with E-state index in [4.69, 9.17) is 0 Å². The zero-order valence-electron chi connectivity index (χ0n) is 23.7. The Balaban J connectivity index is 2.25. The summed E-state index contributed by atoms with van der Waals surface area (Å²) in [6, 6.07) is 3.23. The number of Topliss-reactive ketones (excluding diaryl/α,β-unsaturated/α-hetero) is 2. The average Bonchev–Trinajstić information content (AvgIpc) is 2.94. The number of carbonyl (C=O) groups is 3. The van der Waals surface area contributed by atoms with Gasteiger partial charge in [-0.1, -0.05) is 64.0 Å². The van der Waals surface area contributed by atoms with Gasteiger partial charge >= 0.3 is 5.30 Å². The van der Waals surface area contributed by atoms with Crippen LogP contribution in [0.1, 0.15) is 105 Å². The molecule has 11 heteroatoms. The van der Waals surface area contributed by atoms with E-state index in [1.165, 1.54) is 32.1 Å². The SMILES string of the molecule is CCCCCCCCC=CCCCCCC(SC(=O)O)(C(=O)c1cc(O)c(O)c(O)c1)C(=O)c1cc(O)c(O)c(O)c1. The molecule has 0 atom stereocenters. The first kappa shape index (κ1) is 34.3. The van der Waals surface area contributed by atoms with Gasteiger partial charge in [0.2, 0.25) is 0 Å². The molecule has 0 bridgehead atoms. The molecule has 0 amide bonds. The number of allylic oxidation sites excluding steroid dienone is 2. The molecule has 10 nitrogen and oxygen atoms in total. The van der Waals surface area contributed by atoms with Gasteiger partial charge in [-0.25, -0.2) is 4.79 Å². The number of rotatable bonds is 18. The highest BCUT2D eigenvalue weighted by Gasteiger charge is 2.49. The van der Waals surface area contributed by atoms with Crippen molar-refractivity contribution in [3.8, 4) is 34.5 Å². The van der Waals surface area contributed by atoms with Crippen molar-refractivity contribution in [3.63, 3.8) is 0 Å². The largest absolute Gasteiger partial charge is 0.504 e. The molecule has 2 aromatic carbocycles. The fourth-order valence-corrected chi connectivity index (χ4v) is 5.62. The maximum atomic E-state index is 13.8. The van der Waals surface area contributed by atoms with Crippen molar-refractivity contribution in [2.24, 2.45) is 0 Å². The first-order valence-corrected chi connectivity index (χ1v) is 14.9. The first-order valence-electron chi connectivity index (χ1n) is 14.1. The number of carboxylic acid groups (broad SMARTS) is 1. The Morgan fingerprint density at radius 2 is 1.02 bits per heavy atom. The molecule has 2 aromatic rings. The molecular formula is C31H40O10S. The zero-order chi connectivity index (χ0) is 31.3. The normalized spacial score (nSPS) is 11.6. The highest BCUT2D eigenvalue weighted by molar-refractivity contribution is 8.15. The molecule has 0 unspecified atom stereocenters. The fraction of sp³-hybridized carbons (Fsp3) is 0.452. The molecule has 0 aliphatic rings. The van der Waals surface area contributed by atoms with Crippen LogP contribution in [0.5, 0.6) is 34.5 Å². The molecule has 42 heavy (non-hydrogen) atoms. The smallest absolute Gasteiger partial charge is 0.366 e. The number of ketones is 2. The maximum Gasteiger partial charge on any atom is 0.366 e. The number of phenols is 6. The van der Waals surface area contributed by atoms with Crippen molar-refractivity contribution >= 4 is 28.6 Å². The zero-order valence-corrected chi connectivity index (χ0v) is 24.5. The summed E-state index contributed by atoms with van der Waals surface area (Å²) in [5.41, 5.74) is -0.871. The summed E-state index contributed by atoms with van der Waals surface area (Å²) >= 11 is 0.0210. The summed E-state index contributed by atoms with van der Waals surface area (Å²) in [5.74, 6) is -7.35. The van der Waals surface area contributed by atoms with Crippen molar-refractivity contribution in [2.45, 2.75) is 88.7 Å². The lowest BCUT2D eigenvalue weighted by Gasteiger charge is -2.29. The van der Waals surface area contributed by atoms with Gasteiger partial charge in [0.25, 0.3) is 0 Å². The van der Waals surface area contributed by atoms with Gasteiger partial charge in [-0.2, -0.15) is 0 Å². The Kier molecular flexibility index (Phi) is 13.5. The van der Waals surface area contributed by atoms with Gasteiger partial charge in [-0.3, -0.25) is 9.59 Å². The van der Waals surface area contributed by atoms with Crippen molar-refractivity contribution < 1.29 is 50.1 Å². The Bertz CT molecular complexity index is 1150. The third-order valence-electron chi connectivity index (χ3n) is 6.95. The van der Waals surface area contributed by atoms with Gasteiger partial charge in [0, 0.05) is 11.1 Å². The van der Waals surface area contributed by atoms with Crippen molar-refractivity contribution in [1.82, 2.24) is 0 Å². The standard InChI is InChI=1S/C31H40O10S/c1-2-3-4-5-6-7-8-9-10-11-12-13-14-15-31(42-30(40)41,28(38)20-16-22(32)26(36)23(33)17-20)29(39)21-18-24(34)27(37)25(35)19-21/h9-10,16-19,32-37H,2-8,11-15H2,1H3,(H,40,41). The highest BCUT2D eigenvalue weighted by atomic mass is 32.2. The predicted molar refractivity (Wildman–Crippen MR) is 160 cm³/mol. The average molecular weight is 605 g/mol. The van der Waals surface area contributed by atoms with E-state index in [0.29, 0.717) is 12.8 Å². The van der Waals surface area contributed by atoms with Crippen LogP contribution in [-0.2, 0) is 0 Å². The van der Waals surface area contributed by atoms with E-state index in [9.17, 15) is 50.1 Å². The quantitative estimate of drug-likeness (QED) is 0.0295. The minimum atomic E-state index is -2.34. The third kappa shape index (κ3) is 9.34. The summed E-state index contributed by atoms with van der Waals surface area (Å²) in [4.78, 5) is 39.6. The molecule has 0 aromatic heterocycles. The molecule has 230 valence electrons. The van der Waals surface area contributed by atoms with Crippen molar-refractivity contribution in [3.05, 3.63) is 47.5 Å². The second-order valence-electron chi connectivity index (χ2n) is 10.2. The molecule has 7 N–H and O–H groups in total. The number of phenolic OH excluding ortho intramolecular Hbond substituents is 6. The lowest BCUT2D eigenvalue weighted by atomic mass is 9.84. The predicted octanol–water partition coefficient (Wildman–Crippen LogP) is 7.39. The van der Waals surface area contributed by atoms with E-state index in [2.05, 4.69) is 19.1 Å². The van der Waals surface area contributed by atoms with E-state index in [0.717, 1.165) is 43.5 Å². The molecular weight excluding hydrogens is 564 g/mol. The molecule has 0 aliphatic heterocycles. The van der Waals surface area contributed by atoms with Crippen LogP contribution in [0.25, 0.3) is 0 Å². The van der Waals surface area contributed by atoms with Crippen LogP contribution in [0.2, 0.25) is 0 Å². The summed E-state index contributed by atoms with van der Waals surface area (Å²) in [5, 5.41) is 67.4. The summed E-state index contributed by atoms with van der Waals surface area (Å²) in [6.45, 7) is 2.18. The number of hydrogen-bond acceptors (Lipinski definition) is 10. The van der Waals surface area contributed by atoms with Crippen LogP contribution in [0.15, 0.2) is 36.4 Å². The van der Waals surface area contributed by atoms with Crippen LogP contribution >= 0.6 is 11.8 Å². The van der Waals surface area contributed by atoms with Gasteiger partial charge in [0.05, 0.1) is 0 Å². The number of aromatic hydroxyl groups is 6. The molecule has 0 saturated heterocycles. The van der Waals surface area contributed by atoms with Crippen LogP contribution in [0.3, 0.4) is 0 Å². The highest BCUT2D eigenvalue weighted by Crippen LogP contribution is 2.44. The maximum absolute atomic E-state index is 13.8. The number of carbonyl (C=O) groups excluding carboxylic acids is 2. The molecule has 0 aliphatic carbocycles. The summed E-state index contributed by atoms with van der Waals surface area (Å²) in [6.07, 6.45) is 14.5. The van der Waals surface area contributed by atoms with E-state index in [1.807, 2.05) is 0 Å². The lowest BCUT2D eigenvalue weighted by Crippen LogP contribution is -2.44. The van der Waals surface area contributed by atoms with Crippen molar-refractivity contribution in [2.75, 3.05) is 0 Å². The van der Waals surface area contributed by atoms with Crippen LogP contribution < -0.4 is 0 Å². The van der Waals surface area contributed by atoms with Gasteiger partial charge in [-0.15, -0.1) is 0 Å². The number of unbranched alkanes of at least 4 members (excludes halogenated alkanes) is 9.